The highest BCUT2D eigenvalue weighted by atomic mass is 32.2. The zero-order valence-electron chi connectivity index (χ0n) is 17.6. The van der Waals surface area contributed by atoms with Crippen LogP contribution in [0, 0.1) is 0 Å². The van der Waals surface area contributed by atoms with Crippen LogP contribution in [0.2, 0.25) is 0 Å². The van der Waals surface area contributed by atoms with E-state index in [9.17, 15) is 18.0 Å². The smallest absolute Gasteiger partial charge is 0.333 e. The molecule has 0 aliphatic heterocycles. The fourth-order valence-electron chi connectivity index (χ4n) is 2.54. The number of carbonyl (C=O) groups is 2. The number of esters is 2. The standard InChI is InChI=1S/C20H38O7S/c1-3-5-7-9-11-13-15-25-19(21)17-27-28(23,24)18-20(22)26-16-14-12-10-8-6-4-2/h3-18H2,1-2H3. The van der Waals surface area contributed by atoms with Gasteiger partial charge in [0.25, 0.3) is 10.1 Å². The van der Waals surface area contributed by atoms with Gasteiger partial charge in [0.15, 0.2) is 12.4 Å². The number of hydrogen-bond acceptors (Lipinski definition) is 7. The molecule has 28 heavy (non-hydrogen) atoms. The lowest BCUT2D eigenvalue weighted by atomic mass is 10.1. The Kier molecular flexibility index (Phi) is 17.2. The van der Waals surface area contributed by atoms with Crippen LogP contribution in [-0.2, 0) is 33.4 Å². The van der Waals surface area contributed by atoms with Gasteiger partial charge in [-0.2, -0.15) is 8.42 Å². The molecule has 0 saturated heterocycles. The van der Waals surface area contributed by atoms with Crippen molar-refractivity contribution in [2.75, 3.05) is 25.6 Å². The first-order chi connectivity index (χ1) is 13.4. The molecule has 0 N–H and O–H groups in total. The maximum atomic E-state index is 11.7. The average molecular weight is 423 g/mol. The molecule has 0 aromatic rings. The van der Waals surface area contributed by atoms with Crippen molar-refractivity contribution >= 4 is 22.1 Å². The Balaban J connectivity index is 3.74. The van der Waals surface area contributed by atoms with Crippen molar-refractivity contribution in [3.63, 3.8) is 0 Å². The predicted octanol–water partition coefficient (Wildman–Crippen LogP) is 4.14. The Bertz CT molecular complexity index is 503. The molecular formula is C20H38O7S. The highest BCUT2D eigenvalue weighted by molar-refractivity contribution is 7.87. The molecule has 0 atom stereocenters. The Morgan fingerprint density at radius 2 is 1.07 bits per heavy atom. The fraction of sp³-hybridized carbons (Fsp3) is 0.900. The molecule has 0 aliphatic rings. The van der Waals surface area contributed by atoms with Gasteiger partial charge in [-0.25, -0.2) is 4.79 Å². The summed E-state index contributed by atoms with van der Waals surface area (Å²) < 4.78 is 37.8. The van der Waals surface area contributed by atoms with E-state index in [1.165, 1.54) is 32.1 Å². The summed E-state index contributed by atoms with van der Waals surface area (Å²) in [6, 6.07) is 0. The number of carbonyl (C=O) groups excluding carboxylic acids is 2. The van der Waals surface area contributed by atoms with E-state index < -0.39 is 34.4 Å². The second kappa shape index (κ2) is 17.9. The van der Waals surface area contributed by atoms with Crippen LogP contribution in [0.1, 0.15) is 90.9 Å². The van der Waals surface area contributed by atoms with Crippen LogP contribution in [0.3, 0.4) is 0 Å². The van der Waals surface area contributed by atoms with Gasteiger partial charge in [0, 0.05) is 0 Å². The predicted molar refractivity (Wildman–Crippen MR) is 108 cm³/mol. The van der Waals surface area contributed by atoms with Crippen molar-refractivity contribution in [1.29, 1.82) is 0 Å². The highest BCUT2D eigenvalue weighted by Gasteiger charge is 2.20. The Morgan fingerprint density at radius 3 is 1.57 bits per heavy atom. The van der Waals surface area contributed by atoms with Crippen molar-refractivity contribution in [1.82, 2.24) is 0 Å². The van der Waals surface area contributed by atoms with Crippen molar-refractivity contribution < 1.29 is 31.7 Å². The molecule has 0 heterocycles. The molecule has 0 aromatic heterocycles. The SMILES string of the molecule is CCCCCCCCOC(=O)COS(=O)(=O)CC(=O)OCCCCCCCC. The van der Waals surface area contributed by atoms with Gasteiger partial charge in [-0.15, -0.1) is 0 Å². The van der Waals surface area contributed by atoms with Crippen molar-refractivity contribution in [2.24, 2.45) is 0 Å². The van der Waals surface area contributed by atoms with Crippen LogP contribution in [0.25, 0.3) is 0 Å². The molecule has 8 heteroatoms. The molecule has 0 fully saturated rings. The summed E-state index contributed by atoms with van der Waals surface area (Å²) >= 11 is 0. The Labute approximate surface area is 170 Å². The minimum atomic E-state index is -4.15. The molecule has 0 saturated carbocycles. The van der Waals surface area contributed by atoms with Gasteiger partial charge in [-0.1, -0.05) is 78.1 Å². The average Bonchev–Trinajstić information content (AvgIpc) is 2.64. The number of hydrogen-bond donors (Lipinski definition) is 0. The molecule has 0 rings (SSSR count). The highest BCUT2D eigenvalue weighted by Crippen LogP contribution is 2.06. The normalized spacial score (nSPS) is 11.4. The van der Waals surface area contributed by atoms with Gasteiger partial charge in [-0.05, 0) is 12.8 Å². The maximum Gasteiger partial charge on any atom is 0.333 e. The van der Waals surface area contributed by atoms with E-state index in [4.69, 9.17) is 9.47 Å². The van der Waals surface area contributed by atoms with Gasteiger partial charge in [0.05, 0.1) is 13.2 Å². The number of ether oxygens (including phenoxy) is 2. The van der Waals surface area contributed by atoms with Crippen LogP contribution >= 0.6 is 0 Å². The molecule has 0 aliphatic carbocycles. The summed E-state index contributed by atoms with van der Waals surface area (Å²) in [5.74, 6) is -2.51. The van der Waals surface area contributed by atoms with Crippen LogP contribution in [0.5, 0.6) is 0 Å². The first kappa shape index (κ1) is 26.9. The van der Waals surface area contributed by atoms with Crippen molar-refractivity contribution in [2.45, 2.75) is 90.9 Å². The van der Waals surface area contributed by atoms with E-state index in [1.807, 2.05) is 0 Å². The summed E-state index contributed by atoms with van der Waals surface area (Å²) in [6.45, 7) is 4.00. The second-order valence-corrected chi connectivity index (χ2v) is 8.58. The van der Waals surface area contributed by atoms with E-state index in [1.54, 1.807) is 0 Å². The molecule has 166 valence electrons. The third kappa shape index (κ3) is 18.2. The van der Waals surface area contributed by atoms with Gasteiger partial charge >= 0.3 is 11.9 Å². The lowest BCUT2D eigenvalue weighted by Crippen LogP contribution is -2.24. The quantitative estimate of drug-likeness (QED) is 0.175. The fourth-order valence-corrected chi connectivity index (χ4v) is 3.28. The molecule has 0 aromatic carbocycles. The van der Waals surface area contributed by atoms with E-state index in [2.05, 4.69) is 18.0 Å². The van der Waals surface area contributed by atoms with Gasteiger partial charge in [0.2, 0.25) is 0 Å². The van der Waals surface area contributed by atoms with E-state index in [0.29, 0.717) is 6.42 Å². The minimum absolute atomic E-state index is 0.195. The second-order valence-electron chi connectivity index (χ2n) is 6.94. The lowest BCUT2D eigenvalue weighted by molar-refractivity contribution is -0.146. The van der Waals surface area contributed by atoms with E-state index in [0.717, 1.165) is 38.5 Å². The lowest BCUT2D eigenvalue weighted by Gasteiger charge is -2.07. The summed E-state index contributed by atoms with van der Waals surface area (Å²) in [6.07, 6.45) is 12.6. The summed E-state index contributed by atoms with van der Waals surface area (Å²) in [4.78, 5) is 23.1. The number of unbranched alkanes of at least 4 members (excludes halogenated alkanes) is 10. The largest absolute Gasteiger partial charge is 0.465 e. The minimum Gasteiger partial charge on any atom is -0.465 e. The molecule has 7 nitrogen and oxygen atoms in total. The molecular weight excluding hydrogens is 384 g/mol. The summed E-state index contributed by atoms with van der Waals surface area (Å²) in [5.41, 5.74) is 0. The zero-order valence-corrected chi connectivity index (χ0v) is 18.4. The first-order valence-electron chi connectivity index (χ1n) is 10.6. The zero-order chi connectivity index (χ0) is 21.1. The molecule has 0 spiro atoms. The third-order valence-electron chi connectivity index (χ3n) is 4.17. The third-order valence-corrected chi connectivity index (χ3v) is 5.24. The van der Waals surface area contributed by atoms with Crippen molar-refractivity contribution in [3.8, 4) is 0 Å². The molecule has 0 bridgehead atoms. The summed E-state index contributed by atoms with van der Waals surface area (Å²) in [7, 11) is -4.15. The van der Waals surface area contributed by atoms with E-state index in [-0.39, 0.29) is 13.2 Å². The van der Waals surface area contributed by atoms with Gasteiger partial charge < -0.3 is 9.47 Å². The molecule has 0 radical (unpaired) electrons. The van der Waals surface area contributed by atoms with Crippen molar-refractivity contribution in [3.05, 3.63) is 0 Å². The monoisotopic (exact) mass is 422 g/mol. The van der Waals surface area contributed by atoms with Crippen LogP contribution in [0.4, 0.5) is 0 Å². The van der Waals surface area contributed by atoms with Crippen LogP contribution < -0.4 is 0 Å². The topological polar surface area (TPSA) is 96.0 Å². The number of rotatable bonds is 19. The first-order valence-corrected chi connectivity index (χ1v) is 12.2. The van der Waals surface area contributed by atoms with Gasteiger partial charge in [0.1, 0.15) is 0 Å². The van der Waals surface area contributed by atoms with E-state index >= 15 is 0 Å². The molecule has 0 amide bonds. The van der Waals surface area contributed by atoms with Crippen LogP contribution in [0.15, 0.2) is 0 Å². The Hall–Kier alpha value is -1.15. The Morgan fingerprint density at radius 1 is 0.643 bits per heavy atom. The maximum absolute atomic E-state index is 11.7. The summed E-state index contributed by atoms with van der Waals surface area (Å²) in [5, 5.41) is 0. The van der Waals surface area contributed by atoms with Gasteiger partial charge in [-0.3, -0.25) is 8.98 Å². The van der Waals surface area contributed by atoms with Crippen LogP contribution in [-0.4, -0.2) is 45.9 Å². The molecule has 0 unspecified atom stereocenters.